The van der Waals surface area contributed by atoms with Gasteiger partial charge in [-0.3, -0.25) is 4.79 Å². The predicted octanol–water partition coefficient (Wildman–Crippen LogP) is 2.51. The second-order valence-electron chi connectivity index (χ2n) is 5.07. The summed E-state index contributed by atoms with van der Waals surface area (Å²) in [6.45, 7) is 0. The van der Waals surface area contributed by atoms with Crippen molar-refractivity contribution in [3.05, 3.63) is 60.3 Å². The van der Waals surface area contributed by atoms with Crippen LogP contribution in [0.1, 0.15) is 0 Å². The number of amides is 1. The normalized spacial score (nSPS) is 11.5. The Hall–Kier alpha value is -2.80. The molecule has 1 amide bonds. The number of nitrogens with two attached hydrogens (primary N) is 1. The van der Waals surface area contributed by atoms with Gasteiger partial charge < -0.3 is 10.6 Å². The number of carbonyl (C=O) groups is 1. The van der Waals surface area contributed by atoms with Crippen molar-refractivity contribution >= 4 is 39.1 Å². The van der Waals surface area contributed by atoms with Gasteiger partial charge in [0.25, 0.3) is 5.91 Å². The lowest BCUT2D eigenvalue weighted by Crippen LogP contribution is -2.15. The van der Waals surface area contributed by atoms with E-state index in [-0.39, 0.29) is 10.5 Å². The predicted molar refractivity (Wildman–Crippen MR) is 102 cm³/mol. The van der Waals surface area contributed by atoms with Gasteiger partial charge in [0.15, 0.2) is 0 Å². The number of thioether (sulfide) groups is 1. The Morgan fingerprint density at radius 2 is 1.88 bits per heavy atom. The van der Waals surface area contributed by atoms with Gasteiger partial charge in [0.05, 0.1) is 4.90 Å². The molecule has 0 aliphatic carbocycles. The van der Waals surface area contributed by atoms with Crippen LogP contribution in [0.25, 0.3) is 0 Å². The molecule has 0 unspecified atom stereocenters. The van der Waals surface area contributed by atoms with Crippen LogP contribution in [0.4, 0.5) is 11.4 Å². The summed E-state index contributed by atoms with van der Waals surface area (Å²) in [6.07, 6.45) is 3.26. The maximum absolute atomic E-state index is 12.2. The van der Waals surface area contributed by atoms with Gasteiger partial charge in [0, 0.05) is 22.5 Å². The fourth-order valence-electron chi connectivity index (χ4n) is 1.94. The van der Waals surface area contributed by atoms with Crippen LogP contribution in [-0.4, -0.2) is 20.6 Å². The molecular weight excluding hydrogens is 372 g/mol. The van der Waals surface area contributed by atoms with E-state index < -0.39 is 15.9 Å². The Kier molecular flexibility index (Phi) is 6.41. The number of hydrogen-bond donors (Lipinski definition) is 3. The number of benzene rings is 2. The SMILES string of the molecule is CSc1cccc(N/C=C(/C#N)C(=O)Nc2ccc(S(N)(=O)=O)cc2)c1. The lowest BCUT2D eigenvalue weighted by Gasteiger charge is -2.06. The highest BCUT2D eigenvalue weighted by molar-refractivity contribution is 7.98. The van der Waals surface area contributed by atoms with E-state index in [1.54, 1.807) is 11.8 Å². The van der Waals surface area contributed by atoms with Crippen LogP contribution in [0.15, 0.2) is 70.1 Å². The zero-order valence-electron chi connectivity index (χ0n) is 13.8. The van der Waals surface area contributed by atoms with E-state index in [2.05, 4.69) is 10.6 Å². The van der Waals surface area contributed by atoms with E-state index in [4.69, 9.17) is 5.14 Å². The first kappa shape index (κ1) is 19.5. The molecule has 9 heteroatoms. The second-order valence-corrected chi connectivity index (χ2v) is 7.51. The number of nitrogens with one attached hydrogen (secondary N) is 2. The van der Waals surface area contributed by atoms with E-state index in [1.165, 1.54) is 30.5 Å². The monoisotopic (exact) mass is 388 g/mol. The zero-order valence-corrected chi connectivity index (χ0v) is 15.4. The number of sulfonamides is 1. The van der Waals surface area contributed by atoms with Gasteiger partial charge in [-0.25, -0.2) is 13.6 Å². The Morgan fingerprint density at radius 3 is 2.46 bits per heavy atom. The van der Waals surface area contributed by atoms with Crippen LogP contribution in [0.3, 0.4) is 0 Å². The molecule has 0 bridgehead atoms. The molecule has 0 aliphatic rings. The third-order valence-corrected chi connectivity index (χ3v) is 4.91. The largest absolute Gasteiger partial charge is 0.360 e. The number of primary sulfonamides is 1. The van der Waals surface area contributed by atoms with E-state index >= 15 is 0 Å². The van der Waals surface area contributed by atoms with Gasteiger partial charge in [0.1, 0.15) is 11.6 Å². The maximum atomic E-state index is 12.2. The number of nitriles is 1. The Labute approximate surface area is 156 Å². The van der Waals surface area contributed by atoms with Crippen LogP contribution < -0.4 is 15.8 Å². The first-order valence-electron chi connectivity index (χ1n) is 7.28. The maximum Gasteiger partial charge on any atom is 0.267 e. The van der Waals surface area contributed by atoms with Gasteiger partial charge in [-0.05, 0) is 48.7 Å². The van der Waals surface area contributed by atoms with Crippen LogP contribution in [0.2, 0.25) is 0 Å². The van der Waals surface area contributed by atoms with E-state index in [9.17, 15) is 18.5 Å². The Bertz CT molecular complexity index is 978. The van der Waals surface area contributed by atoms with Crippen molar-refractivity contribution in [2.75, 3.05) is 16.9 Å². The van der Waals surface area contributed by atoms with Crippen LogP contribution in [0, 0.1) is 11.3 Å². The molecule has 2 aromatic carbocycles. The summed E-state index contributed by atoms with van der Waals surface area (Å²) >= 11 is 1.58. The highest BCUT2D eigenvalue weighted by Crippen LogP contribution is 2.19. The van der Waals surface area contributed by atoms with Gasteiger partial charge in [-0.15, -0.1) is 11.8 Å². The molecule has 2 aromatic rings. The van der Waals surface area contributed by atoms with Gasteiger partial charge >= 0.3 is 0 Å². The summed E-state index contributed by atoms with van der Waals surface area (Å²) in [6, 6.07) is 14.7. The third kappa shape index (κ3) is 5.35. The molecule has 0 atom stereocenters. The molecule has 2 rings (SSSR count). The highest BCUT2D eigenvalue weighted by Gasteiger charge is 2.11. The molecule has 0 heterocycles. The molecule has 0 saturated carbocycles. The van der Waals surface area contributed by atoms with Crippen molar-refractivity contribution < 1.29 is 13.2 Å². The number of anilines is 2. The first-order chi connectivity index (χ1) is 12.3. The zero-order chi connectivity index (χ0) is 19.2. The Morgan fingerprint density at radius 1 is 1.19 bits per heavy atom. The first-order valence-corrected chi connectivity index (χ1v) is 10.1. The quantitative estimate of drug-likeness (QED) is 0.397. The average molecular weight is 388 g/mol. The van der Waals surface area contributed by atoms with Crippen LogP contribution >= 0.6 is 11.8 Å². The minimum Gasteiger partial charge on any atom is -0.360 e. The second kappa shape index (κ2) is 8.53. The summed E-state index contributed by atoms with van der Waals surface area (Å²) in [5.41, 5.74) is 0.956. The molecule has 0 aromatic heterocycles. The summed E-state index contributed by atoms with van der Waals surface area (Å²) < 4.78 is 22.4. The molecular formula is C17H16N4O3S2. The van der Waals surface area contributed by atoms with E-state index in [0.717, 1.165) is 10.6 Å². The highest BCUT2D eigenvalue weighted by atomic mass is 32.2. The molecule has 134 valence electrons. The number of carbonyl (C=O) groups excluding carboxylic acids is 1. The van der Waals surface area contributed by atoms with Crippen LogP contribution in [0.5, 0.6) is 0 Å². The smallest absolute Gasteiger partial charge is 0.267 e. The van der Waals surface area contributed by atoms with Crippen molar-refractivity contribution in [3.8, 4) is 6.07 Å². The molecule has 0 radical (unpaired) electrons. The molecule has 4 N–H and O–H groups in total. The molecule has 0 spiro atoms. The van der Waals surface area contributed by atoms with Crippen molar-refractivity contribution in [3.63, 3.8) is 0 Å². The third-order valence-electron chi connectivity index (χ3n) is 3.26. The molecule has 7 nitrogen and oxygen atoms in total. The van der Waals surface area contributed by atoms with Crippen molar-refractivity contribution in [2.45, 2.75) is 9.79 Å². The van der Waals surface area contributed by atoms with Gasteiger partial charge in [0.2, 0.25) is 10.0 Å². The average Bonchev–Trinajstić information content (AvgIpc) is 2.62. The topological polar surface area (TPSA) is 125 Å². The van der Waals surface area contributed by atoms with Gasteiger partial charge in [-0.1, -0.05) is 6.07 Å². The molecule has 0 fully saturated rings. The Balaban J connectivity index is 2.09. The van der Waals surface area contributed by atoms with Crippen LogP contribution in [-0.2, 0) is 14.8 Å². The van der Waals surface area contributed by atoms with Crippen molar-refractivity contribution in [1.29, 1.82) is 5.26 Å². The fraction of sp³-hybridized carbons (Fsp3) is 0.0588. The lowest BCUT2D eigenvalue weighted by molar-refractivity contribution is -0.112. The number of rotatable bonds is 6. The number of hydrogen-bond acceptors (Lipinski definition) is 6. The minimum absolute atomic E-state index is 0.0677. The standard InChI is InChI=1S/C17H16N4O3S2/c1-25-15-4-2-3-14(9-15)20-11-12(10-18)17(22)21-13-5-7-16(8-6-13)26(19,23)24/h2-9,11,20H,1H3,(H,21,22)(H2,19,23,24)/b12-11-. The number of nitrogens with zero attached hydrogens (tertiary/aromatic N) is 1. The summed E-state index contributed by atoms with van der Waals surface area (Å²) in [5.74, 6) is -0.621. The van der Waals surface area contributed by atoms with E-state index in [1.807, 2.05) is 36.6 Å². The lowest BCUT2D eigenvalue weighted by atomic mass is 10.2. The van der Waals surface area contributed by atoms with Crippen molar-refractivity contribution in [2.24, 2.45) is 5.14 Å². The molecule has 0 aliphatic heterocycles. The summed E-state index contributed by atoms with van der Waals surface area (Å²) in [7, 11) is -3.80. The molecule has 0 saturated heterocycles. The van der Waals surface area contributed by atoms with Gasteiger partial charge in [-0.2, -0.15) is 5.26 Å². The summed E-state index contributed by atoms with van der Waals surface area (Å²) in [4.78, 5) is 13.2. The minimum atomic E-state index is -3.80. The molecule has 26 heavy (non-hydrogen) atoms. The fourth-order valence-corrected chi connectivity index (χ4v) is 2.92. The van der Waals surface area contributed by atoms with Crippen molar-refractivity contribution in [1.82, 2.24) is 0 Å². The summed E-state index contributed by atoms with van der Waals surface area (Å²) in [5, 5.41) is 19.6. The van der Waals surface area contributed by atoms with E-state index in [0.29, 0.717) is 5.69 Å².